The maximum Gasteiger partial charge on any atom is 0.307 e. The molecule has 3 nitrogen and oxygen atoms in total. The number of ether oxygens (including phenoxy) is 1. The highest BCUT2D eigenvalue weighted by molar-refractivity contribution is 6.90. The lowest BCUT2D eigenvalue weighted by atomic mass is 10.4. The van der Waals surface area contributed by atoms with Gasteiger partial charge in [-0.1, -0.05) is 39.3 Å². The van der Waals surface area contributed by atoms with Gasteiger partial charge in [-0.15, -0.1) is 0 Å². The molecule has 0 aliphatic rings. The van der Waals surface area contributed by atoms with E-state index in [1.165, 1.54) is 6.92 Å². The van der Waals surface area contributed by atoms with Gasteiger partial charge < -0.3 is 8.97 Å². The molecule has 100 valence electrons. The molecule has 0 bridgehead atoms. The molecule has 0 saturated heterocycles. The predicted octanol–water partition coefficient (Wildman–Crippen LogP) is 3.77. The van der Waals surface area contributed by atoms with Crippen LogP contribution in [0.1, 0.15) is 20.8 Å². The van der Waals surface area contributed by atoms with E-state index < -0.39 is 16.5 Å². The lowest BCUT2D eigenvalue weighted by molar-refractivity contribution is -0.136. The third-order valence-corrected chi connectivity index (χ3v) is 9.86. The minimum absolute atomic E-state index is 0.243. The first kappa shape index (κ1) is 16.4. The van der Waals surface area contributed by atoms with Gasteiger partial charge in [0.15, 0.2) is 0 Å². The minimum Gasteiger partial charge on any atom is -0.430 e. The molecule has 0 heterocycles. The van der Waals surface area contributed by atoms with Crippen LogP contribution >= 0.6 is 0 Å². The second-order valence-electron chi connectivity index (χ2n) is 6.41. The first-order valence-electron chi connectivity index (χ1n) is 6.03. The van der Waals surface area contributed by atoms with Crippen LogP contribution in [-0.4, -0.2) is 26.7 Å². The molecule has 0 aromatic rings. The average Bonchev–Trinajstić information content (AvgIpc) is 1.96. The maximum atomic E-state index is 11.0. The van der Waals surface area contributed by atoms with Gasteiger partial charge in [0.1, 0.15) is 22.2 Å². The summed E-state index contributed by atoms with van der Waals surface area (Å²) in [4.78, 5) is 11.0. The third-order valence-electron chi connectivity index (χ3n) is 2.48. The van der Waals surface area contributed by atoms with Crippen LogP contribution in [0.25, 0.3) is 0 Å². The molecule has 0 fully saturated rings. The van der Waals surface area contributed by atoms with Gasteiger partial charge in [0.05, 0.1) is 0 Å². The van der Waals surface area contributed by atoms with Gasteiger partial charge in [0.2, 0.25) is 0 Å². The zero-order valence-corrected chi connectivity index (χ0v) is 14.8. The van der Waals surface area contributed by atoms with Crippen molar-refractivity contribution in [3.63, 3.8) is 0 Å². The molecule has 17 heavy (non-hydrogen) atoms. The summed E-state index contributed by atoms with van der Waals surface area (Å²) in [5, 5.41) is 0. The van der Waals surface area contributed by atoms with Crippen molar-refractivity contribution >= 4 is 22.4 Å². The van der Waals surface area contributed by atoms with E-state index in [2.05, 4.69) is 50.4 Å². The summed E-state index contributed by atoms with van der Waals surface area (Å²) in [6.07, 6.45) is 0. The van der Waals surface area contributed by atoms with E-state index in [0.717, 1.165) is 11.5 Å². The van der Waals surface area contributed by atoms with Crippen molar-refractivity contribution in [3.8, 4) is 0 Å². The highest BCUT2D eigenvalue weighted by Crippen LogP contribution is 2.27. The summed E-state index contributed by atoms with van der Waals surface area (Å²) in [5.74, 6) is 0.496. The second kappa shape index (κ2) is 5.39. The van der Waals surface area contributed by atoms with E-state index in [1.807, 2.05) is 6.92 Å². The van der Waals surface area contributed by atoms with E-state index >= 15 is 0 Å². The van der Waals surface area contributed by atoms with Crippen molar-refractivity contribution < 1.29 is 9.53 Å². The summed E-state index contributed by atoms with van der Waals surface area (Å²) < 4.78 is 7.78. The van der Waals surface area contributed by atoms with Crippen LogP contribution in [0.15, 0.2) is 11.5 Å². The molecule has 0 rings (SSSR count). The zero-order valence-electron chi connectivity index (χ0n) is 12.8. The normalized spacial score (nSPS) is 14.2. The van der Waals surface area contributed by atoms with Crippen molar-refractivity contribution in [3.05, 3.63) is 11.5 Å². The number of hydrogen-bond donors (Lipinski definition) is 0. The van der Waals surface area contributed by atoms with E-state index in [1.54, 1.807) is 0 Å². The largest absolute Gasteiger partial charge is 0.430 e. The van der Waals surface area contributed by atoms with Gasteiger partial charge in [0, 0.05) is 12.6 Å². The molecule has 0 amide bonds. The molecule has 0 atom stereocenters. The molecule has 0 saturated carbocycles. The Labute approximate surface area is 108 Å². The highest BCUT2D eigenvalue weighted by Gasteiger charge is 2.35. The summed E-state index contributed by atoms with van der Waals surface area (Å²) >= 11 is 0. The van der Waals surface area contributed by atoms with Crippen LogP contribution < -0.4 is 0 Å². The number of nitrogens with zero attached hydrogens (tertiary/aromatic N) is 1. The van der Waals surface area contributed by atoms with Crippen molar-refractivity contribution in [1.82, 2.24) is 4.23 Å². The number of esters is 1. The van der Waals surface area contributed by atoms with Gasteiger partial charge in [-0.3, -0.25) is 4.79 Å². The number of allylic oxidation sites excluding steroid dienone is 2. The third kappa shape index (κ3) is 5.08. The van der Waals surface area contributed by atoms with Gasteiger partial charge in [0.25, 0.3) is 0 Å². The Balaban J connectivity index is 5.43. The van der Waals surface area contributed by atoms with Crippen LogP contribution in [0.4, 0.5) is 0 Å². The number of hydrogen-bond acceptors (Lipinski definition) is 3. The van der Waals surface area contributed by atoms with Crippen molar-refractivity contribution in [2.45, 2.75) is 60.1 Å². The van der Waals surface area contributed by atoms with Crippen LogP contribution in [0.5, 0.6) is 0 Å². The summed E-state index contributed by atoms with van der Waals surface area (Å²) in [6.45, 7) is 19.4. The lowest BCUT2D eigenvalue weighted by Gasteiger charge is -2.46. The first-order chi connectivity index (χ1) is 7.37. The quantitative estimate of drug-likeness (QED) is 0.443. The van der Waals surface area contributed by atoms with Gasteiger partial charge in [-0.25, -0.2) is 0 Å². The molecule has 0 unspecified atom stereocenters. The van der Waals surface area contributed by atoms with E-state index in [9.17, 15) is 4.79 Å². The van der Waals surface area contributed by atoms with Crippen LogP contribution in [0.2, 0.25) is 39.3 Å². The number of rotatable bonds is 4. The van der Waals surface area contributed by atoms with Crippen LogP contribution in [-0.2, 0) is 9.53 Å². The molecule has 0 radical (unpaired) electrons. The van der Waals surface area contributed by atoms with Gasteiger partial charge >= 0.3 is 5.97 Å². The van der Waals surface area contributed by atoms with Crippen molar-refractivity contribution in [1.29, 1.82) is 0 Å². The standard InChI is InChI=1S/C12H27NO2Si2/c1-10(11(2)15-12(3)14)13(16(4,5)6)17(7,8)9/h1-9H3/b11-10-. The number of carbonyl (C=O) groups excluding carboxylic acids is 1. The van der Waals surface area contributed by atoms with E-state index in [4.69, 9.17) is 4.74 Å². The molecule has 0 aliphatic carbocycles. The Kier molecular flexibility index (Phi) is 5.22. The predicted molar refractivity (Wildman–Crippen MR) is 78.7 cm³/mol. The molecule has 5 heteroatoms. The number of carbonyl (C=O) groups is 1. The minimum atomic E-state index is -1.45. The van der Waals surface area contributed by atoms with Gasteiger partial charge in [-0.2, -0.15) is 0 Å². The van der Waals surface area contributed by atoms with Crippen molar-refractivity contribution in [2.24, 2.45) is 0 Å². The molecule has 0 aliphatic heterocycles. The zero-order chi connectivity index (χ0) is 14.0. The molecule has 0 aromatic carbocycles. The Morgan fingerprint density at radius 1 is 0.882 bits per heavy atom. The van der Waals surface area contributed by atoms with Gasteiger partial charge in [-0.05, 0) is 13.8 Å². The topological polar surface area (TPSA) is 29.5 Å². The van der Waals surface area contributed by atoms with Crippen molar-refractivity contribution in [2.75, 3.05) is 0 Å². The molecule has 0 aromatic heterocycles. The Morgan fingerprint density at radius 2 is 1.24 bits per heavy atom. The Morgan fingerprint density at radius 3 is 1.47 bits per heavy atom. The maximum absolute atomic E-state index is 11.0. The summed E-state index contributed by atoms with van der Waals surface area (Å²) in [6, 6.07) is 0. The first-order valence-corrected chi connectivity index (χ1v) is 12.9. The van der Waals surface area contributed by atoms with Crippen LogP contribution in [0, 0.1) is 0 Å². The fraction of sp³-hybridized carbons (Fsp3) is 0.750. The summed E-state index contributed by atoms with van der Waals surface area (Å²) in [7, 11) is -2.91. The molecule has 0 N–H and O–H groups in total. The fourth-order valence-electron chi connectivity index (χ4n) is 2.46. The molecular weight excluding hydrogens is 246 g/mol. The Hall–Kier alpha value is -0.556. The van der Waals surface area contributed by atoms with E-state index in [-0.39, 0.29) is 5.97 Å². The fourth-order valence-corrected chi connectivity index (χ4v) is 12.8. The average molecular weight is 274 g/mol. The second-order valence-corrected chi connectivity index (χ2v) is 16.4. The summed E-state index contributed by atoms with van der Waals surface area (Å²) in [5.41, 5.74) is 1.12. The highest BCUT2D eigenvalue weighted by atomic mass is 28.4. The SMILES string of the molecule is CC(=O)O/C(C)=C(/C)N([Si](C)(C)C)[Si](C)(C)C. The Bertz CT molecular complexity index is 310. The lowest BCUT2D eigenvalue weighted by Crippen LogP contribution is -2.58. The monoisotopic (exact) mass is 273 g/mol. The smallest absolute Gasteiger partial charge is 0.307 e. The molecule has 0 spiro atoms. The molecular formula is C12H27NO2Si2. The van der Waals surface area contributed by atoms with E-state index in [0.29, 0.717) is 0 Å². The van der Waals surface area contributed by atoms with Crippen LogP contribution in [0.3, 0.4) is 0 Å².